The Kier molecular flexibility index (Phi) is 5.11. The highest BCUT2D eigenvalue weighted by Gasteiger charge is 2.17. The van der Waals surface area contributed by atoms with Gasteiger partial charge in [-0.2, -0.15) is 0 Å². The maximum Gasteiger partial charge on any atom is 0.141 e. The minimum absolute atomic E-state index is 0.756. The molecule has 0 fully saturated rings. The Morgan fingerprint density at radius 2 is 1.05 bits per heavy atom. The maximum atomic E-state index is 5.17. The van der Waals surface area contributed by atoms with Crippen molar-refractivity contribution in [2.45, 2.75) is 33.5 Å². The van der Waals surface area contributed by atoms with E-state index in [2.05, 4.69) is 137 Å². The summed E-state index contributed by atoms with van der Waals surface area (Å²) in [5, 5.41) is 5.20. The van der Waals surface area contributed by atoms with Crippen molar-refractivity contribution in [1.29, 1.82) is 0 Å². The molecule has 0 amide bonds. The van der Waals surface area contributed by atoms with E-state index < -0.39 is 0 Å². The quantitative estimate of drug-likeness (QED) is 0.223. The van der Waals surface area contributed by atoms with Crippen LogP contribution in [-0.2, 0) is 19.6 Å². The monoisotopic (exact) mass is 518 g/mol. The van der Waals surface area contributed by atoms with Gasteiger partial charge in [-0.25, -0.2) is 4.98 Å². The van der Waals surface area contributed by atoms with Crippen LogP contribution >= 0.6 is 0 Å². The number of para-hydroxylation sites is 4. The van der Waals surface area contributed by atoms with Crippen LogP contribution in [0.3, 0.4) is 0 Å². The Morgan fingerprint density at radius 3 is 1.73 bits per heavy atom. The summed E-state index contributed by atoms with van der Waals surface area (Å²) in [7, 11) is 0. The largest absolute Gasteiger partial charge is 0.341 e. The van der Waals surface area contributed by atoms with Crippen molar-refractivity contribution in [2.75, 3.05) is 0 Å². The summed E-state index contributed by atoms with van der Waals surface area (Å²) in [5.74, 6) is 1.01. The van der Waals surface area contributed by atoms with Crippen LogP contribution in [0.1, 0.15) is 19.4 Å². The maximum absolute atomic E-state index is 5.17. The lowest BCUT2D eigenvalue weighted by Gasteiger charge is -2.11. The summed E-state index contributed by atoms with van der Waals surface area (Å²) in [6.07, 6.45) is 0. The highest BCUT2D eigenvalue weighted by Crippen LogP contribution is 2.35. The molecule has 0 aliphatic carbocycles. The predicted octanol–water partition coefficient (Wildman–Crippen LogP) is 9.01. The molecule has 0 saturated heterocycles. The zero-order chi connectivity index (χ0) is 26.8. The first-order valence-electron chi connectivity index (χ1n) is 14.2. The number of fused-ring (bicyclic) bond motifs is 7. The average molecular weight is 519 g/mol. The van der Waals surface area contributed by atoms with Gasteiger partial charge in [-0.05, 0) is 74.0 Å². The fourth-order valence-corrected chi connectivity index (χ4v) is 6.71. The number of hydrogen-bond acceptors (Lipinski definition) is 1. The van der Waals surface area contributed by atoms with Crippen molar-refractivity contribution >= 4 is 54.6 Å². The summed E-state index contributed by atoms with van der Waals surface area (Å²) in [6, 6.07) is 39.7. The van der Waals surface area contributed by atoms with Crippen molar-refractivity contribution in [3.05, 3.63) is 115 Å². The molecular formula is C36H30N4. The Hall–Kier alpha value is -4.83. The molecule has 4 heteroatoms. The van der Waals surface area contributed by atoms with Crippen LogP contribution in [0.15, 0.2) is 109 Å². The number of imidazole rings is 1. The lowest BCUT2D eigenvalue weighted by molar-refractivity contribution is 0.823. The van der Waals surface area contributed by atoms with E-state index in [1.165, 1.54) is 49.2 Å². The summed E-state index contributed by atoms with van der Waals surface area (Å²) in [5.41, 5.74) is 9.75. The van der Waals surface area contributed by atoms with E-state index in [1.54, 1.807) is 0 Å². The van der Waals surface area contributed by atoms with Gasteiger partial charge in [0.05, 0.1) is 11.0 Å². The second kappa shape index (κ2) is 8.85. The van der Waals surface area contributed by atoms with Crippen molar-refractivity contribution in [3.8, 4) is 11.4 Å². The highest BCUT2D eigenvalue weighted by atomic mass is 15.1. The molecule has 0 unspecified atom stereocenters. The van der Waals surface area contributed by atoms with Crippen LogP contribution in [0.25, 0.3) is 66.0 Å². The first kappa shape index (κ1) is 23.1. The van der Waals surface area contributed by atoms with Gasteiger partial charge in [-0.15, -0.1) is 0 Å². The first-order chi connectivity index (χ1) is 19.7. The Bertz CT molecular complexity index is 2220. The molecule has 194 valence electrons. The standard InChI is InChI=1S/C36H30N4/c1-3-38-31-14-8-5-11-26(31)28-21-24(17-19-33(28)38)23-40-35-16-10-7-13-30(35)37-36(40)25-18-20-34-29(22-25)27-12-6-9-15-32(27)39(34)4-2/h5-22H,3-4,23H2,1-2H3. The van der Waals surface area contributed by atoms with Gasteiger partial charge in [0, 0.05) is 68.8 Å². The van der Waals surface area contributed by atoms with Crippen molar-refractivity contribution in [1.82, 2.24) is 18.7 Å². The van der Waals surface area contributed by atoms with E-state index in [4.69, 9.17) is 4.98 Å². The molecule has 0 aliphatic rings. The minimum Gasteiger partial charge on any atom is -0.341 e. The SMILES string of the molecule is CCn1c2ccccc2c2cc(Cn3c(-c4ccc5c(c4)c4ccccc4n5CC)nc4ccccc43)ccc21. The number of rotatable bonds is 5. The van der Waals surface area contributed by atoms with Crippen LogP contribution in [0.5, 0.6) is 0 Å². The molecule has 3 heterocycles. The molecule has 0 aliphatic heterocycles. The summed E-state index contributed by atoms with van der Waals surface area (Å²) >= 11 is 0. The zero-order valence-electron chi connectivity index (χ0n) is 22.8. The second-order valence-electron chi connectivity index (χ2n) is 10.6. The smallest absolute Gasteiger partial charge is 0.141 e. The number of aromatic nitrogens is 4. The van der Waals surface area contributed by atoms with Crippen LogP contribution in [0.4, 0.5) is 0 Å². The van der Waals surface area contributed by atoms with Gasteiger partial charge in [0.1, 0.15) is 5.82 Å². The van der Waals surface area contributed by atoms with E-state index in [0.29, 0.717) is 0 Å². The molecule has 4 nitrogen and oxygen atoms in total. The number of benzene rings is 5. The van der Waals surface area contributed by atoms with Gasteiger partial charge in [0.25, 0.3) is 0 Å². The lowest BCUT2D eigenvalue weighted by atomic mass is 10.1. The van der Waals surface area contributed by atoms with Crippen molar-refractivity contribution in [3.63, 3.8) is 0 Å². The van der Waals surface area contributed by atoms with E-state index in [-0.39, 0.29) is 0 Å². The van der Waals surface area contributed by atoms with Crippen LogP contribution in [0.2, 0.25) is 0 Å². The molecule has 0 N–H and O–H groups in total. The Balaban J connectivity index is 1.32. The molecule has 5 aromatic carbocycles. The summed E-state index contributed by atoms with van der Waals surface area (Å²) < 4.78 is 7.20. The highest BCUT2D eigenvalue weighted by molar-refractivity contribution is 6.10. The summed E-state index contributed by atoms with van der Waals surface area (Å²) in [4.78, 5) is 5.17. The van der Waals surface area contributed by atoms with Gasteiger partial charge in [0.15, 0.2) is 0 Å². The average Bonchev–Trinajstić information content (AvgIpc) is 3.64. The van der Waals surface area contributed by atoms with Gasteiger partial charge < -0.3 is 13.7 Å². The van der Waals surface area contributed by atoms with E-state index in [9.17, 15) is 0 Å². The molecule has 0 bridgehead atoms. The van der Waals surface area contributed by atoms with Gasteiger partial charge in [-0.3, -0.25) is 0 Å². The minimum atomic E-state index is 0.756. The number of hydrogen-bond donors (Lipinski definition) is 0. The van der Waals surface area contributed by atoms with E-state index >= 15 is 0 Å². The fourth-order valence-electron chi connectivity index (χ4n) is 6.71. The van der Waals surface area contributed by atoms with E-state index in [1.807, 2.05) is 0 Å². The normalized spacial score (nSPS) is 12.1. The number of nitrogens with zero attached hydrogens (tertiary/aromatic N) is 4. The third-order valence-corrected chi connectivity index (χ3v) is 8.50. The number of aryl methyl sites for hydroxylation is 2. The molecule has 0 radical (unpaired) electrons. The zero-order valence-corrected chi connectivity index (χ0v) is 22.8. The van der Waals surface area contributed by atoms with E-state index in [0.717, 1.165) is 42.1 Å². The van der Waals surface area contributed by atoms with Crippen LogP contribution in [0, 0.1) is 0 Å². The molecule has 40 heavy (non-hydrogen) atoms. The molecule has 0 saturated carbocycles. The molecule has 8 rings (SSSR count). The molecule has 3 aromatic heterocycles. The predicted molar refractivity (Wildman–Crippen MR) is 168 cm³/mol. The molecular weight excluding hydrogens is 488 g/mol. The fraction of sp³-hybridized carbons (Fsp3) is 0.139. The molecule has 8 aromatic rings. The second-order valence-corrected chi connectivity index (χ2v) is 10.6. The Morgan fingerprint density at radius 1 is 0.500 bits per heavy atom. The molecule has 0 spiro atoms. The van der Waals surface area contributed by atoms with Crippen LogP contribution < -0.4 is 0 Å². The van der Waals surface area contributed by atoms with Gasteiger partial charge in [0.2, 0.25) is 0 Å². The Labute approximate surface area is 232 Å². The third kappa shape index (κ3) is 3.29. The topological polar surface area (TPSA) is 27.7 Å². The van der Waals surface area contributed by atoms with Gasteiger partial charge >= 0.3 is 0 Å². The van der Waals surface area contributed by atoms with Crippen LogP contribution in [-0.4, -0.2) is 18.7 Å². The molecule has 0 atom stereocenters. The van der Waals surface area contributed by atoms with Crippen molar-refractivity contribution in [2.24, 2.45) is 0 Å². The summed E-state index contributed by atoms with van der Waals surface area (Å²) in [6.45, 7) is 7.09. The van der Waals surface area contributed by atoms with Gasteiger partial charge in [-0.1, -0.05) is 54.6 Å². The third-order valence-electron chi connectivity index (χ3n) is 8.50. The first-order valence-corrected chi connectivity index (χ1v) is 14.2. The lowest BCUT2D eigenvalue weighted by Crippen LogP contribution is -2.02. The van der Waals surface area contributed by atoms with Crippen molar-refractivity contribution < 1.29 is 0 Å².